The first kappa shape index (κ1) is 11.4. The third-order valence-electron chi connectivity index (χ3n) is 4.65. The SMILES string of the molecule is CC1CN2CCCC2CN1C1CCSCC1. The Hall–Kier alpha value is 0.270. The van der Waals surface area contributed by atoms with Crippen LogP contribution in [0.4, 0.5) is 0 Å². The monoisotopic (exact) mass is 240 g/mol. The summed E-state index contributed by atoms with van der Waals surface area (Å²) in [5.41, 5.74) is 0. The van der Waals surface area contributed by atoms with Crippen LogP contribution < -0.4 is 0 Å². The predicted octanol–water partition coefficient (Wildman–Crippen LogP) is 2.05. The topological polar surface area (TPSA) is 6.48 Å². The molecule has 3 fully saturated rings. The Morgan fingerprint density at radius 3 is 2.62 bits per heavy atom. The van der Waals surface area contributed by atoms with Crippen molar-refractivity contribution in [2.45, 2.75) is 50.7 Å². The van der Waals surface area contributed by atoms with Crippen LogP contribution >= 0.6 is 11.8 Å². The number of nitrogens with zero attached hydrogens (tertiary/aromatic N) is 2. The van der Waals surface area contributed by atoms with Crippen LogP contribution in [0.3, 0.4) is 0 Å². The molecule has 3 saturated heterocycles. The van der Waals surface area contributed by atoms with Crippen molar-refractivity contribution in [1.29, 1.82) is 0 Å². The standard InChI is InChI=1S/C13H24N2S/c1-11-9-14-6-2-3-13(14)10-15(11)12-4-7-16-8-5-12/h11-13H,2-10H2,1H3. The van der Waals surface area contributed by atoms with E-state index in [0.29, 0.717) is 0 Å². The third kappa shape index (κ3) is 2.14. The lowest BCUT2D eigenvalue weighted by Crippen LogP contribution is -2.58. The Morgan fingerprint density at radius 1 is 1.00 bits per heavy atom. The van der Waals surface area contributed by atoms with Gasteiger partial charge in [0.2, 0.25) is 0 Å². The van der Waals surface area contributed by atoms with Gasteiger partial charge in [-0.3, -0.25) is 9.80 Å². The molecule has 0 amide bonds. The molecule has 2 nitrogen and oxygen atoms in total. The van der Waals surface area contributed by atoms with Crippen LogP contribution in [0.1, 0.15) is 32.6 Å². The Balaban J connectivity index is 1.65. The average molecular weight is 240 g/mol. The lowest BCUT2D eigenvalue weighted by atomic mass is 10.0. The molecule has 0 bridgehead atoms. The zero-order valence-electron chi connectivity index (χ0n) is 10.4. The molecule has 0 aromatic carbocycles. The summed E-state index contributed by atoms with van der Waals surface area (Å²) in [6, 6.07) is 2.59. The van der Waals surface area contributed by atoms with Gasteiger partial charge in [-0.1, -0.05) is 0 Å². The molecule has 2 atom stereocenters. The maximum absolute atomic E-state index is 2.84. The van der Waals surface area contributed by atoms with E-state index in [1.165, 1.54) is 56.8 Å². The lowest BCUT2D eigenvalue weighted by molar-refractivity contribution is 0.0252. The van der Waals surface area contributed by atoms with Crippen LogP contribution in [-0.2, 0) is 0 Å². The Morgan fingerprint density at radius 2 is 1.81 bits per heavy atom. The van der Waals surface area contributed by atoms with E-state index in [4.69, 9.17) is 0 Å². The summed E-state index contributed by atoms with van der Waals surface area (Å²) >= 11 is 2.15. The zero-order chi connectivity index (χ0) is 11.0. The molecule has 3 aliphatic heterocycles. The van der Waals surface area contributed by atoms with E-state index < -0.39 is 0 Å². The molecule has 0 aromatic heterocycles. The minimum atomic E-state index is 0.794. The molecular weight excluding hydrogens is 216 g/mol. The van der Waals surface area contributed by atoms with Gasteiger partial charge in [-0.15, -0.1) is 0 Å². The zero-order valence-corrected chi connectivity index (χ0v) is 11.2. The van der Waals surface area contributed by atoms with Crippen LogP contribution in [0.5, 0.6) is 0 Å². The van der Waals surface area contributed by atoms with Crippen molar-refractivity contribution < 1.29 is 0 Å². The molecule has 0 radical (unpaired) electrons. The fourth-order valence-corrected chi connectivity index (χ4v) is 4.82. The maximum atomic E-state index is 2.84. The quantitative estimate of drug-likeness (QED) is 0.693. The van der Waals surface area contributed by atoms with Gasteiger partial charge in [-0.05, 0) is 50.7 Å². The normalized spacial score (nSPS) is 38.8. The molecular formula is C13H24N2S. The minimum absolute atomic E-state index is 0.794. The van der Waals surface area contributed by atoms with Gasteiger partial charge in [0.05, 0.1) is 0 Å². The van der Waals surface area contributed by atoms with Crippen molar-refractivity contribution in [3.05, 3.63) is 0 Å². The van der Waals surface area contributed by atoms with Crippen molar-refractivity contribution in [2.75, 3.05) is 31.1 Å². The average Bonchev–Trinajstić information content (AvgIpc) is 2.76. The second kappa shape index (κ2) is 4.87. The van der Waals surface area contributed by atoms with Gasteiger partial charge in [0.15, 0.2) is 0 Å². The highest BCUT2D eigenvalue weighted by Crippen LogP contribution is 2.30. The summed E-state index contributed by atoms with van der Waals surface area (Å²) in [6.07, 6.45) is 5.75. The van der Waals surface area contributed by atoms with Crippen molar-refractivity contribution in [2.24, 2.45) is 0 Å². The number of rotatable bonds is 1. The summed E-state index contributed by atoms with van der Waals surface area (Å²) in [4.78, 5) is 5.57. The van der Waals surface area contributed by atoms with E-state index in [0.717, 1.165) is 18.1 Å². The largest absolute Gasteiger partial charge is 0.298 e. The Kier molecular flexibility index (Phi) is 3.46. The van der Waals surface area contributed by atoms with Gasteiger partial charge in [0.25, 0.3) is 0 Å². The van der Waals surface area contributed by atoms with Crippen LogP contribution in [0.15, 0.2) is 0 Å². The van der Waals surface area contributed by atoms with Crippen LogP contribution in [0.25, 0.3) is 0 Å². The van der Waals surface area contributed by atoms with Crippen molar-refractivity contribution in [3.8, 4) is 0 Å². The van der Waals surface area contributed by atoms with E-state index in [1.54, 1.807) is 0 Å². The van der Waals surface area contributed by atoms with E-state index in [2.05, 4.69) is 28.5 Å². The summed E-state index contributed by atoms with van der Waals surface area (Å²) < 4.78 is 0. The molecule has 3 heterocycles. The highest BCUT2D eigenvalue weighted by Gasteiger charge is 2.37. The predicted molar refractivity (Wildman–Crippen MR) is 71.1 cm³/mol. The Labute approximate surface area is 104 Å². The Bertz CT molecular complexity index is 240. The highest BCUT2D eigenvalue weighted by atomic mass is 32.2. The molecule has 0 saturated carbocycles. The summed E-state index contributed by atoms with van der Waals surface area (Å²) in [6.45, 7) is 6.49. The number of fused-ring (bicyclic) bond motifs is 1. The fraction of sp³-hybridized carbons (Fsp3) is 1.00. The van der Waals surface area contributed by atoms with E-state index in [1.807, 2.05) is 0 Å². The van der Waals surface area contributed by atoms with Crippen LogP contribution in [0.2, 0.25) is 0 Å². The highest BCUT2D eigenvalue weighted by molar-refractivity contribution is 7.99. The molecule has 0 N–H and O–H groups in total. The second-order valence-electron chi connectivity index (χ2n) is 5.68. The molecule has 0 aromatic rings. The van der Waals surface area contributed by atoms with E-state index in [9.17, 15) is 0 Å². The summed E-state index contributed by atoms with van der Waals surface area (Å²) in [5, 5.41) is 0. The minimum Gasteiger partial charge on any atom is -0.298 e. The number of thioether (sulfide) groups is 1. The van der Waals surface area contributed by atoms with Gasteiger partial charge in [-0.25, -0.2) is 0 Å². The van der Waals surface area contributed by atoms with Gasteiger partial charge in [0, 0.05) is 31.2 Å². The number of hydrogen-bond acceptors (Lipinski definition) is 3. The van der Waals surface area contributed by atoms with Crippen molar-refractivity contribution in [1.82, 2.24) is 9.80 Å². The van der Waals surface area contributed by atoms with Crippen LogP contribution in [0, 0.1) is 0 Å². The van der Waals surface area contributed by atoms with Crippen LogP contribution in [-0.4, -0.2) is 59.1 Å². The maximum Gasteiger partial charge on any atom is 0.0224 e. The first-order valence-corrected chi connectivity index (χ1v) is 8.07. The molecule has 3 heteroatoms. The number of piperazine rings is 1. The van der Waals surface area contributed by atoms with Gasteiger partial charge in [0.1, 0.15) is 0 Å². The molecule has 3 rings (SSSR count). The van der Waals surface area contributed by atoms with Crippen molar-refractivity contribution >= 4 is 11.8 Å². The first-order chi connectivity index (χ1) is 7.84. The molecule has 92 valence electrons. The van der Waals surface area contributed by atoms with Gasteiger partial charge in [-0.2, -0.15) is 11.8 Å². The van der Waals surface area contributed by atoms with E-state index >= 15 is 0 Å². The molecule has 2 unspecified atom stereocenters. The van der Waals surface area contributed by atoms with Gasteiger partial charge >= 0.3 is 0 Å². The summed E-state index contributed by atoms with van der Waals surface area (Å²) in [5.74, 6) is 2.78. The molecule has 0 aliphatic carbocycles. The first-order valence-electron chi connectivity index (χ1n) is 6.92. The molecule has 0 spiro atoms. The second-order valence-corrected chi connectivity index (χ2v) is 6.91. The fourth-order valence-electron chi connectivity index (χ4n) is 3.74. The van der Waals surface area contributed by atoms with Crippen molar-refractivity contribution in [3.63, 3.8) is 0 Å². The van der Waals surface area contributed by atoms with Gasteiger partial charge < -0.3 is 0 Å². The third-order valence-corrected chi connectivity index (χ3v) is 5.69. The lowest BCUT2D eigenvalue weighted by Gasteiger charge is -2.47. The molecule has 3 aliphatic rings. The molecule has 16 heavy (non-hydrogen) atoms. The van der Waals surface area contributed by atoms with E-state index in [-0.39, 0.29) is 0 Å². The number of hydrogen-bond donors (Lipinski definition) is 0. The smallest absolute Gasteiger partial charge is 0.0224 e. The summed E-state index contributed by atoms with van der Waals surface area (Å²) in [7, 11) is 0.